The molecule has 0 aliphatic heterocycles. The quantitative estimate of drug-likeness (QED) is 0.753. The van der Waals surface area contributed by atoms with Gasteiger partial charge in [0.05, 0.1) is 16.3 Å². The molecule has 0 spiro atoms. The van der Waals surface area contributed by atoms with Crippen LogP contribution in [0.3, 0.4) is 0 Å². The molecule has 1 atom stereocenters. The molecule has 0 aromatic heterocycles. The van der Waals surface area contributed by atoms with E-state index in [-0.39, 0.29) is 11.3 Å². The first-order valence-electron chi connectivity index (χ1n) is 6.00. The molecule has 0 aliphatic carbocycles. The highest BCUT2D eigenvalue weighted by molar-refractivity contribution is 7.98. The van der Waals surface area contributed by atoms with Crippen LogP contribution in [0, 0.1) is 5.92 Å². The molecular weight excluding hydrogens is 300 g/mol. The predicted molar refractivity (Wildman–Crippen MR) is 83.0 cm³/mol. The van der Waals surface area contributed by atoms with Gasteiger partial charge in [-0.05, 0) is 36.1 Å². The van der Waals surface area contributed by atoms with Gasteiger partial charge in [-0.3, -0.25) is 0 Å². The first kappa shape index (κ1) is 16.7. The van der Waals surface area contributed by atoms with E-state index < -0.39 is 12.0 Å². The Morgan fingerprint density at radius 2 is 2.15 bits per heavy atom. The number of carbonyl (C=O) groups excluding carboxylic acids is 1. The van der Waals surface area contributed by atoms with E-state index in [4.69, 9.17) is 16.7 Å². The van der Waals surface area contributed by atoms with Crippen LogP contribution < -0.4 is 10.6 Å². The highest BCUT2D eigenvalue weighted by Crippen LogP contribution is 2.23. The Morgan fingerprint density at radius 3 is 2.75 bits per heavy atom. The monoisotopic (exact) mass is 316 g/mol. The van der Waals surface area contributed by atoms with Crippen molar-refractivity contribution in [2.45, 2.75) is 6.92 Å². The summed E-state index contributed by atoms with van der Waals surface area (Å²) in [6.07, 6.45) is 2.01. The van der Waals surface area contributed by atoms with Crippen LogP contribution in [0.5, 0.6) is 0 Å². The van der Waals surface area contributed by atoms with Gasteiger partial charge in [0.1, 0.15) is 0 Å². The molecular formula is C13H17ClN2O3S. The third kappa shape index (κ3) is 5.30. The maximum atomic E-state index is 11.7. The second kappa shape index (κ2) is 8.01. The van der Waals surface area contributed by atoms with Gasteiger partial charge in [0.2, 0.25) is 0 Å². The molecule has 5 nitrogen and oxygen atoms in total. The average molecular weight is 317 g/mol. The summed E-state index contributed by atoms with van der Waals surface area (Å²) in [5.74, 6) is 0.241. The van der Waals surface area contributed by atoms with Crippen LogP contribution in [0.15, 0.2) is 18.2 Å². The van der Waals surface area contributed by atoms with E-state index in [0.717, 1.165) is 5.75 Å². The predicted octanol–water partition coefficient (Wildman–Crippen LogP) is 3.16. The van der Waals surface area contributed by atoms with Crippen molar-refractivity contribution in [2.75, 3.05) is 23.9 Å². The number of thioether (sulfide) groups is 1. The fourth-order valence-electron chi connectivity index (χ4n) is 1.53. The number of carboxylic acid groups (broad SMARTS) is 1. The van der Waals surface area contributed by atoms with Crippen molar-refractivity contribution in [1.29, 1.82) is 0 Å². The Bertz CT molecular complexity index is 497. The Morgan fingerprint density at radius 1 is 1.45 bits per heavy atom. The molecule has 0 heterocycles. The van der Waals surface area contributed by atoms with Gasteiger partial charge in [-0.25, -0.2) is 9.59 Å². The summed E-state index contributed by atoms with van der Waals surface area (Å²) in [5, 5.41) is 14.5. The molecule has 2 amide bonds. The molecule has 20 heavy (non-hydrogen) atoms. The molecule has 0 bridgehead atoms. The van der Waals surface area contributed by atoms with Crippen LogP contribution in [0.25, 0.3) is 0 Å². The Hall–Kier alpha value is -1.40. The Labute approximate surface area is 127 Å². The van der Waals surface area contributed by atoms with Gasteiger partial charge in [-0.1, -0.05) is 18.5 Å². The fraction of sp³-hybridized carbons (Fsp3) is 0.385. The lowest BCUT2D eigenvalue weighted by Gasteiger charge is -2.13. The first-order valence-corrected chi connectivity index (χ1v) is 7.78. The molecule has 0 aliphatic rings. The largest absolute Gasteiger partial charge is 0.478 e. The van der Waals surface area contributed by atoms with E-state index >= 15 is 0 Å². The minimum absolute atomic E-state index is 0.0699. The number of nitrogens with one attached hydrogen (secondary N) is 2. The van der Waals surface area contributed by atoms with Crippen molar-refractivity contribution < 1.29 is 14.7 Å². The van der Waals surface area contributed by atoms with Crippen LogP contribution in [0.2, 0.25) is 5.02 Å². The number of halogens is 1. The van der Waals surface area contributed by atoms with E-state index in [1.54, 1.807) is 11.8 Å². The van der Waals surface area contributed by atoms with Crippen LogP contribution >= 0.6 is 23.4 Å². The van der Waals surface area contributed by atoms with Crippen molar-refractivity contribution in [2.24, 2.45) is 5.92 Å². The zero-order valence-corrected chi connectivity index (χ0v) is 12.8. The molecule has 1 rings (SSSR count). The summed E-state index contributed by atoms with van der Waals surface area (Å²) >= 11 is 7.63. The number of amides is 2. The number of urea groups is 1. The SMILES string of the molecule is CSCC(C)CNC(=O)Nc1cc(C(=O)O)ccc1Cl. The molecule has 0 radical (unpaired) electrons. The number of hydrogen-bond acceptors (Lipinski definition) is 3. The summed E-state index contributed by atoms with van der Waals surface area (Å²) in [6.45, 7) is 2.58. The van der Waals surface area contributed by atoms with E-state index in [1.807, 2.05) is 13.2 Å². The maximum Gasteiger partial charge on any atom is 0.335 e. The van der Waals surface area contributed by atoms with Gasteiger partial charge < -0.3 is 15.7 Å². The van der Waals surface area contributed by atoms with Crippen molar-refractivity contribution in [3.05, 3.63) is 28.8 Å². The lowest BCUT2D eigenvalue weighted by atomic mass is 10.2. The van der Waals surface area contributed by atoms with Crippen molar-refractivity contribution >= 4 is 41.1 Å². The van der Waals surface area contributed by atoms with E-state index in [9.17, 15) is 9.59 Å². The van der Waals surface area contributed by atoms with E-state index in [0.29, 0.717) is 17.5 Å². The molecule has 1 unspecified atom stereocenters. The normalized spacial score (nSPS) is 11.8. The highest BCUT2D eigenvalue weighted by Gasteiger charge is 2.10. The molecule has 1 aromatic carbocycles. The van der Waals surface area contributed by atoms with Gasteiger partial charge in [0, 0.05) is 6.54 Å². The highest BCUT2D eigenvalue weighted by atomic mass is 35.5. The third-order valence-electron chi connectivity index (χ3n) is 2.52. The van der Waals surface area contributed by atoms with Crippen LogP contribution in [0.1, 0.15) is 17.3 Å². The molecule has 0 saturated carbocycles. The molecule has 3 N–H and O–H groups in total. The summed E-state index contributed by atoms with van der Waals surface area (Å²) in [7, 11) is 0. The summed E-state index contributed by atoms with van der Waals surface area (Å²) < 4.78 is 0. The van der Waals surface area contributed by atoms with Crippen LogP contribution in [-0.2, 0) is 0 Å². The molecule has 1 aromatic rings. The van der Waals surface area contributed by atoms with Gasteiger partial charge in [-0.2, -0.15) is 11.8 Å². The standard InChI is InChI=1S/C13H17ClN2O3S/c1-8(7-20-2)6-15-13(19)16-11-5-9(12(17)18)3-4-10(11)14/h3-5,8H,6-7H2,1-2H3,(H,17,18)(H2,15,16,19). The first-order chi connectivity index (χ1) is 9.43. The number of hydrogen-bond donors (Lipinski definition) is 3. The zero-order chi connectivity index (χ0) is 15.1. The molecule has 7 heteroatoms. The zero-order valence-electron chi connectivity index (χ0n) is 11.3. The van der Waals surface area contributed by atoms with Crippen molar-refractivity contribution in [3.63, 3.8) is 0 Å². The summed E-state index contributed by atoms with van der Waals surface area (Å²) in [5.41, 5.74) is 0.349. The van der Waals surface area contributed by atoms with Gasteiger partial charge in [-0.15, -0.1) is 0 Å². The molecule has 0 saturated heterocycles. The third-order valence-corrected chi connectivity index (χ3v) is 3.76. The Balaban J connectivity index is 2.61. The van der Waals surface area contributed by atoms with Crippen molar-refractivity contribution in [1.82, 2.24) is 5.32 Å². The summed E-state index contributed by atoms with van der Waals surface area (Å²) in [6, 6.07) is 3.75. The van der Waals surface area contributed by atoms with Crippen molar-refractivity contribution in [3.8, 4) is 0 Å². The number of rotatable bonds is 6. The fourth-order valence-corrected chi connectivity index (χ4v) is 2.38. The van der Waals surface area contributed by atoms with Crippen LogP contribution in [0.4, 0.5) is 10.5 Å². The number of carbonyl (C=O) groups is 2. The number of benzene rings is 1. The summed E-state index contributed by atoms with van der Waals surface area (Å²) in [4.78, 5) is 22.6. The minimum atomic E-state index is -1.07. The molecule has 110 valence electrons. The Kier molecular flexibility index (Phi) is 6.67. The second-order valence-corrected chi connectivity index (χ2v) is 5.71. The maximum absolute atomic E-state index is 11.7. The number of anilines is 1. The molecule has 0 fully saturated rings. The van der Waals surface area contributed by atoms with Gasteiger partial charge in [0.15, 0.2) is 0 Å². The minimum Gasteiger partial charge on any atom is -0.478 e. The lowest BCUT2D eigenvalue weighted by molar-refractivity contribution is 0.0697. The number of carboxylic acids is 1. The number of aromatic carboxylic acids is 1. The van der Waals surface area contributed by atoms with Crippen LogP contribution in [-0.4, -0.2) is 35.7 Å². The average Bonchev–Trinajstić information content (AvgIpc) is 2.39. The topological polar surface area (TPSA) is 78.4 Å². The smallest absolute Gasteiger partial charge is 0.335 e. The second-order valence-electron chi connectivity index (χ2n) is 4.40. The van der Waals surface area contributed by atoms with E-state index in [2.05, 4.69) is 10.6 Å². The van der Waals surface area contributed by atoms with E-state index in [1.165, 1.54) is 18.2 Å². The lowest BCUT2D eigenvalue weighted by Crippen LogP contribution is -2.33. The van der Waals surface area contributed by atoms with Gasteiger partial charge in [0.25, 0.3) is 0 Å². The van der Waals surface area contributed by atoms with Gasteiger partial charge >= 0.3 is 12.0 Å².